The second-order valence-electron chi connectivity index (χ2n) is 8.46. The topological polar surface area (TPSA) is 86.8 Å². The van der Waals surface area contributed by atoms with Crippen molar-refractivity contribution in [2.75, 3.05) is 29.8 Å². The van der Waals surface area contributed by atoms with Gasteiger partial charge in [-0.25, -0.2) is 8.42 Å². The molecule has 2 aromatic rings. The second-order valence-corrected chi connectivity index (χ2v) is 11.6. The Kier molecular flexibility index (Phi) is 6.22. The van der Waals surface area contributed by atoms with Crippen LogP contribution in [0, 0.1) is 12.8 Å². The predicted octanol–water partition coefficient (Wildman–Crippen LogP) is 3.49. The summed E-state index contributed by atoms with van der Waals surface area (Å²) in [5.41, 5.74) is 1.93. The third-order valence-corrected chi connectivity index (χ3v) is 9.08. The maximum Gasteiger partial charge on any atom is 0.264 e. The highest BCUT2D eigenvalue weighted by molar-refractivity contribution is 8.01. The average Bonchev–Trinajstić information content (AvgIpc) is 2.77. The van der Waals surface area contributed by atoms with Crippen LogP contribution in [0.15, 0.2) is 52.3 Å². The minimum Gasteiger partial charge on any atom is -0.341 e. The van der Waals surface area contributed by atoms with E-state index in [1.54, 1.807) is 29.2 Å². The van der Waals surface area contributed by atoms with Gasteiger partial charge in [0.2, 0.25) is 11.8 Å². The fraction of sp³-hybridized carbons (Fsp3) is 0.391. The third-order valence-electron chi connectivity index (χ3n) is 6.04. The van der Waals surface area contributed by atoms with Gasteiger partial charge in [-0.2, -0.15) is 0 Å². The van der Waals surface area contributed by atoms with Crippen LogP contribution in [-0.4, -0.2) is 50.5 Å². The number of anilines is 2. The van der Waals surface area contributed by atoms with Crippen LogP contribution in [0.25, 0.3) is 0 Å². The van der Waals surface area contributed by atoms with E-state index in [1.165, 1.54) is 35.2 Å². The molecule has 0 aliphatic carbocycles. The summed E-state index contributed by atoms with van der Waals surface area (Å²) in [5, 5.41) is 1.90. The van der Waals surface area contributed by atoms with E-state index in [9.17, 15) is 18.0 Å². The number of sulfonamides is 1. The van der Waals surface area contributed by atoms with Gasteiger partial charge in [0, 0.05) is 25.0 Å². The number of hydrogen-bond acceptors (Lipinski definition) is 5. The number of aryl methyl sites for hydroxylation is 1. The molecule has 1 N–H and O–H groups in total. The molecule has 170 valence electrons. The number of nitrogens with one attached hydrogen (secondary N) is 1. The molecule has 0 aromatic heterocycles. The molecule has 2 heterocycles. The van der Waals surface area contributed by atoms with E-state index >= 15 is 0 Å². The van der Waals surface area contributed by atoms with E-state index in [0.717, 1.165) is 18.4 Å². The fourth-order valence-corrected chi connectivity index (χ4v) is 6.19. The molecule has 4 rings (SSSR count). The van der Waals surface area contributed by atoms with Crippen LogP contribution in [0.1, 0.15) is 25.3 Å². The van der Waals surface area contributed by atoms with Crippen LogP contribution in [0.4, 0.5) is 11.4 Å². The lowest BCUT2D eigenvalue weighted by atomic mass is 9.99. The first-order valence-corrected chi connectivity index (χ1v) is 12.9. The Bertz CT molecular complexity index is 1160. The van der Waals surface area contributed by atoms with Crippen molar-refractivity contribution in [3.8, 4) is 0 Å². The molecule has 2 aliphatic heterocycles. The number of carbonyl (C=O) groups excluding carboxylic acids is 2. The minimum absolute atomic E-state index is 0.0796. The lowest BCUT2D eigenvalue weighted by Crippen LogP contribution is -2.47. The summed E-state index contributed by atoms with van der Waals surface area (Å²) in [6, 6.07) is 11.9. The highest BCUT2D eigenvalue weighted by atomic mass is 32.2. The first-order valence-electron chi connectivity index (χ1n) is 10.6. The first-order chi connectivity index (χ1) is 15.2. The number of likely N-dealkylation sites (tertiary alicyclic amines) is 1. The van der Waals surface area contributed by atoms with Gasteiger partial charge in [0.1, 0.15) is 0 Å². The lowest BCUT2D eigenvalue weighted by molar-refractivity contribution is -0.135. The number of rotatable bonds is 4. The largest absolute Gasteiger partial charge is 0.341 e. The summed E-state index contributed by atoms with van der Waals surface area (Å²) in [6.45, 7) is 5.40. The molecule has 2 aromatic carbocycles. The zero-order valence-electron chi connectivity index (χ0n) is 18.4. The molecule has 9 heteroatoms. The van der Waals surface area contributed by atoms with Crippen LogP contribution in [0.5, 0.6) is 0 Å². The number of fused-ring (bicyclic) bond motifs is 1. The Balaban J connectivity index is 1.55. The number of hydrogen-bond donors (Lipinski definition) is 1. The maximum atomic E-state index is 13.2. The monoisotopic (exact) mass is 473 g/mol. The normalized spacial score (nSPS) is 19.3. The van der Waals surface area contributed by atoms with Crippen molar-refractivity contribution in [2.45, 2.75) is 41.7 Å². The maximum absolute atomic E-state index is 13.2. The van der Waals surface area contributed by atoms with E-state index in [0.29, 0.717) is 35.3 Å². The number of carbonyl (C=O) groups is 2. The molecule has 0 spiro atoms. The van der Waals surface area contributed by atoms with Gasteiger partial charge < -0.3 is 10.2 Å². The van der Waals surface area contributed by atoms with E-state index in [2.05, 4.69) is 12.2 Å². The fourth-order valence-electron chi connectivity index (χ4n) is 3.93. The number of benzene rings is 2. The highest BCUT2D eigenvalue weighted by Crippen LogP contribution is 2.38. The lowest BCUT2D eigenvalue weighted by Gasteiger charge is -2.34. The molecular formula is C23H27N3O4S2. The molecule has 1 saturated heterocycles. The Morgan fingerprint density at radius 3 is 2.56 bits per heavy atom. The van der Waals surface area contributed by atoms with Gasteiger partial charge in [-0.1, -0.05) is 19.1 Å². The van der Waals surface area contributed by atoms with Crippen molar-refractivity contribution >= 4 is 45.0 Å². The number of amides is 2. The van der Waals surface area contributed by atoms with Crippen LogP contribution in [0.3, 0.4) is 0 Å². The van der Waals surface area contributed by atoms with Gasteiger partial charge in [0.15, 0.2) is 5.25 Å². The molecule has 0 radical (unpaired) electrons. The summed E-state index contributed by atoms with van der Waals surface area (Å²) in [4.78, 5) is 28.2. The summed E-state index contributed by atoms with van der Waals surface area (Å²) < 4.78 is 27.6. The van der Waals surface area contributed by atoms with Gasteiger partial charge in [-0.05, 0) is 61.6 Å². The van der Waals surface area contributed by atoms with Crippen molar-refractivity contribution in [1.29, 1.82) is 0 Å². The molecule has 0 bridgehead atoms. The Morgan fingerprint density at radius 2 is 1.88 bits per heavy atom. The molecule has 32 heavy (non-hydrogen) atoms. The SMILES string of the molecule is Cc1cccc(N(C)S(=O)(=O)c2ccc3c(c2)NC(=O)[C@@H](C(=O)N2CCC(C)CC2)S3)c1. The minimum atomic E-state index is -3.81. The van der Waals surface area contributed by atoms with Crippen molar-refractivity contribution in [3.05, 3.63) is 48.0 Å². The van der Waals surface area contributed by atoms with Crippen molar-refractivity contribution in [3.63, 3.8) is 0 Å². The zero-order valence-corrected chi connectivity index (χ0v) is 20.0. The van der Waals surface area contributed by atoms with Crippen LogP contribution < -0.4 is 9.62 Å². The van der Waals surface area contributed by atoms with E-state index in [4.69, 9.17) is 0 Å². The van der Waals surface area contributed by atoms with Crippen LogP contribution in [0.2, 0.25) is 0 Å². The number of piperidine rings is 1. The van der Waals surface area contributed by atoms with E-state index in [-0.39, 0.29) is 10.8 Å². The Labute approximate surface area is 193 Å². The summed E-state index contributed by atoms with van der Waals surface area (Å²) in [7, 11) is -2.31. The number of nitrogens with zero attached hydrogens (tertiary/aromatic N) is 2. The van der Waals surface area contributed by atoms with Gasteiger partial charge >= 0.3 is 0 Å². The zero-order chi connectivity index (χ0) is 23.0. The standard InChI is InChI=1S/C23H27N3O4S2/c1-15-9-11-26(12-10-15)23(28)21-22(27)24-19-14-18(7-8-20(19)31-21)32(29,30)25(3)17-6-4-5-16(2)13-17/h4-8,13-15,21H,9-12H2,1-3H3,(H,24,27)/t21-/m0/s1. The summed E-state index contributed by atoms with van der Waals surface area (Å²) >= 11 is 1.18. The molecule has 2 amide bonds. The Morgan fingerprint density at radius 1 is 1.16 bits per heavy atom. The third kappa shape index (κ3) is 4.36. The smallest absolute Gasteiger partial charge is 0.264 e. The molecule has 1 fully saturated rings. The van der Waals surface area contributed by atoms with Crippen molar-refractivity contribution in [1.82, 2.24) is 4.90 Å². The van der Waals surface area contributed by atoms with Gasteiger partial charge in [0.05, 0.1) is 16.3 Å². The highest BCUT2D eigenvalue weighted by Gasteiger charge is 2.37. The molecule has 2 aliphatic rings. The molecular weight excluding hydrogens is 446 g/mol. The van der Waals surface area contributed by atoms with Crippen molar-refractivity contribution in [2.24, 2.45) is 5.92 Å². The second kappa shape index (κ2) is 8.78. The number of thioether (sulfide) groups is 1. The molecule has 0 saturated carbocycles. The predicted molar refractivity (Wildman–Crippen MR) is 126 cm³/mol. The molecule has 7 nitrogen and oxygen atoms in total. The molecule has 0 unspecified atom stereocenters. The van der Waals surface area contributed by atoms with E-state index < -0.39 is 21.2 Å². The summed E-state index contributed by atoms with van der Waals surface area (Å²) in [5.74, 6) is -0.000416. The quantitative estimate of drug-likeness (QED) is 0.687. The van der Waals surface area contributed by atoms with Crippen LogP contribution in [-0.2, 0) is 19.6 Å². The first kappa shape index (κ1) is 22.7. The van der Waals surface area contributed by atoms with Crippen molar-refractivity contribution < 1.29 is 18.0 Å². The van der Waals surface area contributed by atoms with Gasteiger partial charge in [-0.3, -0.25) is 13.9 Å². The Hall–Kier alpha value is -2.52. The van der Waals surface area contributed by atoms with E-state index in [1.807, 2.05) is 13.0 Å². The average molecular weight is 474 g/mol. The van der Waals surface area contributed by atoms with Gasteiger partial charge in [-0.15, -0.1) is 11.8 Å². The van der Waals surface area contributed by atoms with Crippen LogP contribution >= 0.6 is 11.8 Å². The summed E-state index contributed by atoms with van der Waals surface area (Å²) in [6.07, 6.45) is 1.88. The molecule has 1 atom stereocenters. The van der Waals surface area contributed by atoms with Gasteiger partial charge in [0.25, 0.3) is 10.0 Å².